The summed E-state index contributed by atoms with van der Waals surface area (Å²) in [4.78, 5) is 4.09. The summed E-state index contributed by atoms with van der Waals surface area (Å²) in [5.41, 5.74) is 5.84. The van der Waals surface area contributed by atoms with E-state index in [0.717, 1.165) is 10.8 Å². The number of benzene rings is 2. The van der Waals surface area contributed by atoms with E-state index in [1.165, 1.54) is 10.8 Å². The lowest BCUT2D eigenvalue weighted by atomic mass is 10.0. The molecule has 0 atom stereocenters. The zero-order chi connectivity index (χ0) is 10.3. The monoisotopic (exact) mass is 194 g/mol. The van der Waals surface area contributed by atoms with E-state index in [0.29, 0.717) is 5.82 Å². The lowest BCUT2D eigenvalue weighted by Gasteiger charge is -2.03. The van der Waals surface area contributed by atoms with Crippen molar-refractivity contribution in [2.75, 3.05) is 5.73 Å². The molecule has 0 unspecified atom stereocenters. The van der Waals surface area contributed by atoms with Gasteiger partial charge in [-0.1, -0.05) is 24.3 Å². The highest BCUT2D eigenvalue weighted by molar-refractivity contribution is 6.01. The van der Waals surface area contributed by atoms with Crippen molar-refractivity contribution in [1.29, 1.82) is 0 Å². The number of hydrogen-bond donors (Lipinski definition) is 1. The Kier molecular flexibility index (Phi) is 1.62. The van der Waals surface area contributed by atoms with Gasteiger partial charge in [0, 0.05) is 11.6 Å². The Morgan fingerprint density at radius 2 is 1.60 bits per heavy atom. The molecule has 0 bridgehead atoms. The van der Waals surface area contributed by atoms with Crippen LogP contribution >= 0.6 is 0 Å². The third kappa shape index (κ3) is 1.22. The fraction of sp³-hybridized carbons (Fsp3) is 0. The predicted molar refractivity (Wildman–Crippen MR) is 63.7 cm³/mol. The normalized spacial score (nSPS) is 10.9. The van der Waals surface area contributed by atoms with Crippen LogP contribution in [0.3, 0.4) is 0 Å². The number of aromatic nitrogens is 1. The van der Waals surface area contributed by atoms with Crippen LogP contribution in [0.25, 0.3) is 21.5 Å². The molecule has 0 radical (unpaired) electrons. The van der Waals surface area contributed by atoms with Gasteiger partial charge in [-0.25, -0.2) is 4.98 Å². The van der Waals surface area contributed by atoms with E-state index >= 15 is 0 Å². The minimum Gasteiger partial charge on any atom is -0.383 e. The molecule has 3 aromatic rings. The zero-order valence-electron chi connectivity index (χ0n) is 8.14. The molecule has 0 saturated heterocycles. The molecule has 1 heterocycles. The van der Waals surface area contributed by atoms with Gasteiger partial charge in [0.15, 0.2) is 0 Å². The molecule has 3 rings (SSSR count). The van der Waals surface area contributed by atoms with Crippen molar-refractivity contribution in [3.8, 4) is 0 Å². The van der Waals surface area contributed by atoms with Gasteiger partial charge in [0.2, 0.25) is 0 Å². The minimum atomic E-state index is 0.596. The van der Waals surface area contributed by atoms with E-state index in [2.05, 4.69) is 29.2 Å². The Morgan fingerprint density at radius 3 is 2.40 bits per heavy atom. The van der Waals surface area contributed by atoms with Crippen LogP contribution in [0.2, 0.25) is 0 Å². The maximum atomic E-state index is 5.84. The van der Waals surface area contributed by atoms with Crippen LogP contribution < -0.4 is 5.73 Å². The van der Waals surface area contributed by atoms with Crippen LogP contribution in [0.4, 0.5) is 5.82 Å². The van der Waals surface area contributed by atoms with Crippen molar-refractivity contribution in [3.63, 3.8) is 0 Å². The number of nitrogen functional groups attached to an aromatic ring is 1. The first kappa shape index (κ1) is 8.24. The van der Waals surface area contributed by atoms with Crippen LogP contribution in [0.5, 0.6) is 0 Å². The second-order valence-electron chi connectivity index (χ2n) is 3.62. The molecule has 0 amide bonds. The smallest absolute Gasteiger partial charge is 0.131 e. The highest BCUT2D eigenvalue weighted by Gasteiger charge is 2.00. The second-order valence-corrected chi connectivity index (χ2v) is 3.62. The van der Waals surface area contributed by atoms with Gasteiger partial charge in [-0.05, 0) is 34.4 Å². The van der Waals surface area contributed by atoms with Gasteiger partial charge < -0.3 is 5.73 Å². The van der Waals surface area contributed by atoms with Gasteiger partial charge in [-0.3, -0.25) is 0 Å². The first-order valence-electron chi connectivity index (χ1n) is 4.87. The maximum Gasteiger partial charge on any atom is 0.131 e. The Morgan fingerprint density at radius 1 is 0.867 bits per heavy atom. The van der Waals surface area contributed by atoms with Gasteiger partial charge >= 0.3 is 0 Å². The Labute approximate surface area is 87.4 Å². The highest BCUT2D eigenvalue weighted by Crippen LogP contribution is 2.24. The number of hydrogen-bond acceptors (Lipinski definition) is 2. The number of anilines is 1. The zero-order valence-corrected chi connectivity index (χ0v) is 8.14. The largest absolute Gasteiger partial charge is 0.383 e. The summed E-state index contributed by atoms with van der Waals surface area (Å²) >= 11 is 0. The van der Waals surface area contributed by atoms with Gasteiger partial charge in [-0.15, -0.1) is 0 Å². The van der Waals surface area contributed by atoms with E-state index in [1.807, 2.05) is 18.2 Å². The van der Waals surface area contributed by atoms with Gasteiger partial charge in [0.25, 0.3) is 0 Å². The first-order valence-corrected chi connectivity index (χ1v) is 4.87. The molecule has 2 N–H and O–H groups in total. The van der Waals surface area contributed by atoms with Crippen molar-refractivity contribution in [2.24, 2.45) is 0 Å². The summed E-state index contributed by atoms with van der Waals surface area (Å²) in [5.74, 6) is 0.596. The molecule has 2 aromatic carbocycles. The van der Waals surface area contributed by atoms with Crippen LogP contribution in [0, 0.1) is 0 Å². The molecule has 0 aliphatic carbocycles. The molecule has 0 saturated carbocycles. The first-order chi connectivity index (χ1) is 7.34. The third-order valence-electron chi connectivity index (χ3n) is 2.66. The number of nitrogens with zero attached hydrogens (tertiary/aromatic N) is 1. The average Bonchev–Trinajstić information content (AvgIpc) is 2.27. The predicted octanol–water partition coefficient (Wildman–Crippen LogP) is 2.97. The molecule has 0 spiro atoms. The molecule has 0 fully saturated rings. The second kappa shape index (κ2) is 2.95. The summed E-state index contributed by atoms with van der Waals surface area (Å²) in [6.45, 7) is 0. The SMILES string of the molecule is Nc1nccc2cc3ccccc3cc12. The summed E-state index contributed by atoms with van der Waals surface area (Å²) < 4.78 is 0. The van der Waals surface area contributed by atoms with Crippen LogP contribution in [0.15, 0.2) is 48.7 Å². The van der Waals surface area contributed by atoms with E-state index in [-0.39, 0.29) is 0 Å². The molecular weight excluding hydrogens is 184 g/mol. The Balaban J connectivity index is 2.53. The van der Waals surface area contributed by atoms with Crippen molar-refractivity contribution < 1.29 is 0 Å². The fourth-order valence-corrected chi connectivity index (χ4v) is 1.89. The highest BCUT2D eigenvalue weighted by atomic mass is 14.8. The number of fused-ring (bicyclic) bond motifs is 2. The average molecular weight is 194 g/mol. The molecule has 2 nitrogen and oxygen atoms in total. The summed E-state index contributed by atoms with van der Waals surface area (Å²) in [6.07, 6.45) is 1.74. The third-order valence-corrected chi connectivity index (χ3v) is 2.66. The molecule has 0 aliphatic rings. The molecule has 1 aromatic heterocycles. The topological polar surface area (TPSA) is 38.9 Å². The lowest BCUT2D eigenvalue weighted by Crippen LogP contribution is -1.90. The van der Waals surface area contributed by atoms with Crippen molar-refractivity contribution in [3.05, 3.63) is 48.7 Å². The molecule has 72 valence electrons. The minimum absolute atomic E-state index is 0.596. The molecule has 15 heavy (non-hydrogen) atoms. The quantitative estimate of drug-likeness (QED) is 0.559. The van der Waals surface area contributed by atoms with E-state index < -0.39 is 0 Å². The number of pyridine rings is 1. The van der Waals surface area contributed by atoms with Crippen LogP contribution in [-0.2, 0) is 0 Å². The van der Waals surface area contributed by atoms with Crippen molar-refractivity contribution >= 4 is 27.4 Å². The van der Waals surface area contributed by atoms with Gasteiger partial charge in [-0.2, -0.15) is 0 Å². The summed E-state index contributed by atoms with van der Waals surface area (Å²) in [7, 11) is 0. The Hall–Kier alpha value is -2.09. The van der Waals surface area contributed by atoms with Gasteiger partial charge in [0.05, 0.1) is 0 Å². The van der Waals surface area contributed by atoms with Crippen LogP contribution in [-0.4, -0.2) is 4.98 Å². The molecule has 0 aliphatic heterocycles. The van der Waals surface area contributed by atoms with Gasteiger partial charge in [0.1, 0.15) is 5.82 Å². The standard InChI is InChI=1S/C13H10N2/c14-13-12-8-10-4-2-1-3-9(10)7-11(12)5-6-15-13/h1-8H,(H2,14,15). The van der Waals surface area contributed by atoms with E-state index in [4.69, 9.17) is 5.73 Å². The molecular formula is C13H10N2. The van der Waals surface area contributed by atoms with E-state index in [1.54, 1.807) is 6.20 Å². The maximum absolute atomic E-state index is 5.84. The van der Waals surface area contributed by atoms with Crippen molar-refractivity contribution in [1.82, 2.24) is 4.98 Å². The summed E-state index contributed by atoms with van der Waals surface area (Å²) in [6, 6.07) is 14.5. The van der Waals surface area contributed by atoms with Crippen LogP contribution in [0.1, 0.15) is 0 Å². The Bertz CT molecular complexity index is 644. The fourth-order valence-electron chi connectivity index (χ4n) is 1.89. The number of nitrogens with two attached hydrogens (primary N) is 1. The van der Waals surface area contributed by atoms with E-state index in [9.17, 15) is 0 Å². The molecule has 2 heteroatoms. The number of rotatable bonds is 0. The van der Waals surface area contributed by atoms with Crippen molar-refractivity contribution in [2.45, 2.75) is 0 Å². The lowest BCUT2D eigenvalue weighted by molar-refractivity contribution is 1.37. The summed E-state index contributed by atoms with van der Waals surface area (Å²) in [5, 5.41) is 4.60.